The number of aromatic nitrogens is 2. The molecule has 1 aliphatic carbocycles. The summed E-state index contributed by atoms with van der Waals surface area (Å²) < 4.78 is 0. The third-order valence-electron chi connectivity index (χ3n) is 4.72. The lowest BCUT2D eigenvalue weighted by Gasteiger charge is -2.36. The van der Waals surface area contributed by atoms with Crippen LogP contribution in [0.25, 0.3) is 0 Å². The van der Waals surface area contributed by atoms with Gasteiger partial charge in [-0.25, -0.2) is 4.98 Å². The van der Waals surface area contributed by atoms with Crippen molar-refractivity contribution in [3.05, 3.63) is 18.2 Å². The largest absolute Gasteiger partial charge is 0.349 e. The lowest BCUT2D eigenvalue weighted by molar-refractivity contribution is 0.145. The summed E-state index contributed by atoms with van der Waals surface area (Å²) in [4.78, 5) is 10.2. The molecule has 4 nitrogen and oxygen atoms in total. The summed E-state index contributed by atoms with van der Waals surface area (Å²) in [5.41, 5.74) is 0. The fraction of sp³-hybridized carbons (Fsp3) is 0.800. The van der Waals surface area contributed by atoms with Crippen molar-refractivity contribution in [2.45, 2.75) is 57.0 Å². The van der Waals surface area contributed by atoms with Crippen LogP contribution < -0.4 is 5.32 Å². The Hall–Kier alpha value is -0.870. The van der Waals surface area contributed by atoms with E-state index in [9.17, 15) is 0 Å². The number of nitrogens with zero attached hydrogens (tertiary/aromatic N) is 2. The lowest BCUT2D eigenvalue weighted by atomic mass is 10.0. The molecule has 19 heavy (non-hydrogen) atoms. The molecule has 0 atom stereocenters. The van der Waals surface area contributed by atoms with Gasteiger partial charge in [-0.05, 0) is 38.8 Å². The third-order valence-corrected chi connectivity index (χ3v) is 4.72. The van der Waals surface area contributed by atoms with Gasteiger partial charge in [-0.15, -0.1) is 0 Å². The fourth-order valence-electron chi connectivity index (χ4n) is 3.57. The Morgan fingerprint density at radius 3 is 2.68 bits per heavy atom. The molecule has 2 fully saturated rings. The minimum atomic E-state index is 0.715. The molecule has 1 saturated carbocycles. The predicted molar refractivity (Wildman–Crippen MR) is 77.1 cm³/mol. The highest BCUT2D eigenvalue weighted by Gasteiger charge is 2.26. The summed E-state index contributed by atoms with van der Waals surface area (Å²) in [6.45, 7) is 3.63. The van der Waals surface area contributed by atoms with E-state index in [4.69, 9.17) is 0 Å². The van der Waals surface area contributed by atoms with Gasteiger partial charge in [0, 0.05) is 37.4 Å². The van der Waals surface area contributed by atoms with Crippen LogP contribution in [0.2, 0.25) is 0 Å². The second-order valence-corrected chi connectivity index (χ2v) is 5.99. The second kappa shape index (κ2) is 6.53. The summed E-state index contributed by atoms with van der Waals surface area (Å²) in [5, 5.41) is 3.68. The molecule has 0 bridgehead atoms. The van der Waals surface area contributed by atoms with Gasteiger partial charge in [-0.1, -0.05) is 12.8 Å². The van der Waals surface area contributed by atoms with Crippen LogP contribution in [0.3, 0.4) is 0 Å². The van der Waals surface area contributed by atoms with Crippen LogP contribution in [0.15, 0.2) is 12.4 Å². The van der Waals surface area contributed by atoms with Gasteiger partial charge in [0.15, 0.2) is 0 Å². The molecule has 1 aromatic heterocycles. The first-order chi connectivity index (χ1) is 9.42. The first-order valence-electron chi connectivity index (χ1n) is 7.87. The molecule has 0 radical (unpaired) electrons. The third kappa shape index (κ3) is 3.57. The number of nitrogens with one attached hydrogen (secondary N) is 2. The molecule has 1 saturated heterocycles. The summed E-state index contributed by atoms with van der Waals surface area (Å²) >= 11 is 0. The molecule has 2 aliphatic rings. The van der Waals surface area contributed by atoms with Gasteiger partial charge in [0.2, 0.25) is 0 Å². The zero-order valence-electron chi connectivity index (χ0n) is 11.8. The van der Waals surface area contributed by atoms with Crippen LogP contribution in [-0.4, -0.2) is 46.6 Å². The number of aromatic amines is 1. The van der Waals surface area contributed by atoms with Crippen molar-refractivity contribution >= 4 is 0 Å². The molecule has 1 aromatic rings. The van der Waals surface area contributed by atoms with E-state index >= 15 is 0 Å². The number of H-pyrrole nitrogens is 1. The van der Waals surface area contributed by atoms with E-state index < -0.39 is 0 Å². The van der Waals surface area contributed by atoms with E-state index in [1.807, 2.05) is 12.4 Å². The number of hydrogen-bond acceptors (Lipinski definition) is 3. The summed E-state index contributed by atoms with van der Waals surface area (Å²) in [6.07, 6.45) is 13.1. The highest BCUT2D eigenvalue weighted by atomic mass is 15.2. The zero-order chi connectivity index (χ0) is 12.9. The number of likely N-dealkylation sites (tertiary alicyclic amines) is 1. The van der Waals surface area contributed by atoms with Gasteiger partial charge in [-0.2, -0.15) is 0 Å². The maximum Gasteiger partial charge on any atom is 0.107 e. The Kier molecular flexibility index (Phi) is 4.51. The van der Waals surface area contributed by atoms with E-state index in [0.29, 0.717) is 6.04 Å². The SMILES string of the molecule is c1c[nH]c(CCNC2CCN(C3CCCC3)CC2)n1. The quantitative estimate of drug-likeness (QED) is 0.852. The van der Waals surface area contributed by atoms with Crippen LogP contribution in [0.4, 0.5) is 0 Å². The van der Waals surface area contributed by atoms with Crippen molar-refractivity contribution in [1.82, 2.24) is 20.2 Å². The summed E-state index contributed by atoms with van der Waals surface area (Å²) in [6, 6.07) is 1.62. The monoisotopic (exact) mass is 262 g/mol. The Labute approximate surface area is 116 Å². The highest BCUT2D eigenvalue weighted by molar-refractivity contribution is 4.89. The Bertz CT molecular complexity index is 348. The van der Waals surface area contributed by atoms with Gasteiger partial charge in [0.05, 0.1) is 0 Å². The average molecular weight is 262 g/mol. The van der Waals surface area contributed by atoms with Crippen LogP contribution >= 0.6 is 0 Å². The maximum absolute atomic E-state index is 4.26. The molecule has 3 rings (SSSR count). The van der Waals surface area contributed by atoms with Gasteiger partial charge in [0.1, 0.15) is 5.82 Å². The van der Waals surface area contributed by atoms with Crippen molar-refractivity contribution in [2.24, 2.45) is 0 Å². The van der Waals surface area contributed by atoms with E-state index in [1.54, 1.807) is 0 Å². The van der Waals surface area contributed by atoms with Crippen molar-refractivity contribution in [3.63, 3.8) is 0 Å². The van der Waals surface area contributed by atoms with Gasteiger partial charge in [0.25, 0.3) is 0 Å². The second-order valence-electron chi connectivity index (χ2n) is 5.99. The summed E-state index contributed by atoms with van der Waals surface area (Å²) in [5.74, 6) is 1.09. The van der Waals surface area contributed by atoms with Crippen LogP contribution in [-0.2, 0) is 6.42 Å². The van der Waals surface area contributed by atoms with Gasteiger partial charge < -0.3 is 15.2 Å². The van der Waals surface area contributed by atoms with Crippen molar-refractivity contribution in [2.75, 3.05) is 19.6 Å². The molecule has 0 unspecified atom stereocenters. The number of imidazole rings is 1. The molecule has 0 aromatic carbocycles. The standard InChI is InChI=1S/C15H26N4/c1-2-4-14(3-1)19-11-6-13(7-12-19)16-8-5-15-17-9-10-18-15/h9-10,13-14,16H,1-8,11-12H2,(H,17,18). The zero-order valence-corrected chi connectivity index (χ0v) is 11.8. The maximum atomic E-state index is 4.26. The normalized spacial score (nSPS) is 23.2. The number of rotatable bonds is 5. The van der Waals surface area contributed by atoms with E-state index in [0.717, 1.165) is 24.8 Å². The topological polar surface area (TPSA) is 44.0 Å². The number of piperidine rings is 1. The minimum Gasteiger partial charge on any atom is -0.349 e. The van der Waals surface area contributed by atoms with Crippen molar-refractivity contribution in [3.8, 4) is 0 Å². The predicted octanol–water partition coefficient (Wildman–Crippen LogP) is 1.95. The number of hydrogen-bond donors (Lipinski definition) is 2. The molecule has 0 amide bonds. The molecule has 1 aliphatic heterocycles. The van der Waals surface area contributed by atoms with Gasteiger partial charge in [-0.3, -0.25) is 0 Å². The minimum absolute atomic E-state index is 0.715. The molecule has 2 heterocycles. The molecule has 0 spiro atoms. The van der Waals surface area contributed by atoms with E-state index in [-0.39, 0.29) is 0 Å². The summed E-state index contributed by atoms with van der Waals surface area (Å²) in [7, 11) is 0. The first-order valence-corrected chi connectivity index (χ1v) is 7.87. The average Bonchev–Trinajstić information content (AvgIpc) is 3.13. The first kappa shape index (κ1) is 13.1. The lowest BCUT2D eigenvalue weighted by Crippen LogP contribution is -2.46. The molecule has 106 valence electrons. The van der Waals surface area contributed by atoms with Gasteiger partial charge >= 0.3 is 0 Å². The smallest absolute Gasteiger partial charge is 0.107 e. The van der Waals surface area contributed by atoms with Crippen LogP contribution in [0.5, 0.6) is 0 Å². The highest BCUT2D eigenvalue weighted by Crippen LogP contribution is 2.26. The Morgan fingerprint density at radius 2 is 2.00 bits per heavy atom. The van der Waals surface area contributed by atoms with Crippen molar-refractivity contribution < 1.29 is 0 Å². The van der Waals surface area contributed by atoms with Crippen molar-refractivity contribution in [1.29, 1.82) is 0 Å². The fourth-order valence-corrected chi connectivity index (χ4v) is 3.57. The Morgan fingerprint density at radius 1 is 1.21 bits per heavy atom. The molecule has 2 N–H and O–H groups in total. The van der Waals surface area contributed by atoms with Crippen LogP contribution in [0.1, 0.15) is 44.3 Å². The molecule has 4 heteroatoms. The molecular formula is C15H26N4. The molecular weight excluding hydrogens is 236 g/mol. The van der Waals surface area contributed by atoms with E-state index in [2.05, 4.69) is 20.2 Å². The van der Waals surface area contributed by atoms with E-state index in [1.165, 1.54) is 51.6 Å². The Balaban J connectivity index is 1.33. The van der Waals surface area contributed by atoms with Crippen LogP contribution in [0, 0.1) is 0 Å².